The van der Waals surface area contributed by atoms with E-state index in [1.54, 1.807) is 0 Å². The quantitative estimate of drug-likeness (QED) is 0.907. The fraction of sp³-hybridized carbons (Fsp3) is 0.571. The van der Waals surface area contributed by atoms with Gasteiger partial charge in [0, 0.05) is 29.3 Å². The van der Waals surface area contributed by atoms with E-state index in [0.717, 1.165) is 17.6 Å². The van der Waals surface area contributed by atoms with Crippen LogP contribution in [0.4, 0.5) is 5.69 Å². The highest BCUT2D eigenvalue weighted by molar-refractivity contribution is 9.10. The van der Waals surface area contributed by atoms with Gasteiger partial charge in [0.25, 0.3) is 0 Å². The van der Waals surface area contributed by atoms with E-state index in [1.807, 2.05) is 0 Å². The molecule has 18 heavy (non-hydrogen) atoms. The molecule has 2 atom stereocenters. The molecule has 1 N–H and O–H groups in total. The number of hydrogen-bond donors (Lipinski definition) is 1. The molecule has 0 radical (unpaired) electrons. The van der Waals surface area contributed by atoms with E-state index in [4.69, 9.17) is 0 Å². The Morgan fingerprint density at radius 2 is 2.11 bits per heavy atom. The highest BCUT2D eigenvalue weighted by atomic mass is 79.9. The van der Waals surface area contributed by atoms with Crippen molar-refractivity contribution in [2.24, 2.45) is 0 Å². The number of nitrogens with zero attached hydrogens (tertiary/aromatic N) is 2. The summed E-state index contributed by atoms with van der Waals surface area (Å²) in [7, 11) is 2.12. The van der Waals surface area contributed by atoms with Crippen LogP contribution in [0.1, 0.15) is 12.5 Å². The summed E-state index contributed by atoms with van der Waals surface area (Å²) in [4.78, 5) is 4.62. The van der Waals surface area contributed by atoms with Gasteiger partial charge in [-0.15, -0.1) is 0 Å². The Morgan fingerprint density at radius 3 is 2.72 bits per heavy atom. The summed E-state index contributed by atoms with van der Waals surface area (Å²) in [6.07, 6.45) is 0. The van der Waals surface area contributed by atoms with Crippen molar-refractivity contribution in [1.82, 2.24) is 4.90 Å². The topological polar surface area (TPSA) is 26.7 Å². The number of piperazine rings is 1. The SMILES string of the molecule is Cc1ccc(N2CC(C)N(C)CC2CO)cc1Br. The van der Waals surface area contributed by atoms with E-state index in [2.05, 4.69) is 64.8 Å². The summed E-state index contributed by atoms with van der Waals surface area (Å²) >= 11 is 3.58. The molecule has 2 unspecified atom stereocenters. The number of likely N-dealkylation sites (N-methyl/N-ethyl adjacent to an activating group) is 1. The lowest BCUT2D eigenvalue weighted by Crippen LogP contribution is -2.57. The lowest BCUT2D eigenvalue weighted by atomic mass is 10.1. The van der Waals surface area contributed by atoms with Gasteiger partial charge in [-0.1, -0.05) is 22.0 Å². The second-order valence-corrected chi connectivity index (χ2v) is 6.07. The number of aliphatic hydroxyl groups is 1. The zero-order valence-corrected chi connectivity index (χ0v) is 12.8. The van der Waals surface area contributed by atoms with Gasteiger partial charge in [0.1, 0.15) is 0 Å². The number of anilines is 1. The van der Waals surface area contributed by atoms with Gasteiger partial charge in [-0.25, -0.2) is 0 Å². The van der Waals surface area contributed by atoms with Crippen LogP contribution in [0.25, 0.3) is 0 Å². The molecule has 0 aliphatic carbocycles. The number of halogens is 1. The van der Waals surface area contributed by atoms with Crippen LogP contribution in [-0.2, 0) is 0 Å². The molecule has 0 saturated carbocycles. The molecule has 1 fully saturated rings. The number of aliphatic hydroxyl groups excluding tert-OH is 1. The molecule has 4 heteroatoms. The van der Waals surface area contributed by atoms with Crippen LogP contribution < -0.4 is 4.90 Å². The van der Waals surface area contributed by atoms with Crippen LogP contribution in [0.2, 0.25) is 0 Å². The molecular weight excluding hydrogens is 292 g/mol. The molecule has 0 bridgehead atoms. The van der Waals surface area contributed by atoms with Crippen molar-refractivity contribution in [1.29, 1.82) is 0 Å². The number of aryl methyl sites for hydroxylation is 1. The van der Waals surface area contributed by atoms with Gasteiger partial charge in [0.15, 0.2) is 0 Å². The number of hydrogen-bond acceptors (Lipinski definition) is 3. The predicted octanol–water partition coefficient (Wildman–Crippen LogP) is 2.26. The summed E-state index contributed by atoms with van der Waals surface area (Å²) in [5, 5.41) is 9.57. The Hall–Kier alpha value is -0.580. The molecule has 1 aliphatic heterocycles. The lowest BCUT2D eigenvalue weighted by molar-refractivity contribution is 0.155. The van der Waals surface area contributed by atoms with Crippen LogP contribution in [0, 0.1) is 6.92 Å². The minimum absolute atomic E-state index is 0.181. The maximum absolute atomic E-state index is 9.57. The van der Waals surface area contributed by atoms with Crippen molar-refractivity contribution in [3.63, 3.8) is 0 Å². The van der Waals surface area contributed by atoms with E-state index in [1.165, 1.54) is 11.3 Å². The smallest absolute Gasteiger partial charge is 0.0648 e. The van der Waals surface area contributed by atoms with Crippen molar-refractivity contribution in [3.05, 3.63) is 28.2 Å². The Balaban J connectivity index is 2.26. The van der Waals surface area contributed by atoms with E-state index < -0.39 is 0 Å². The predicted molar refractivity (Wildman–Crippen MR) is 79.2 cm³/mol. The Kier molecular flexibility index (Phi) is 4.30. The first-order chi connectivity index (χ1) is 8.52. The zero-order chi connectivity index (χ0) is 13.3. The molecule has 1 heterocycles. The summed E-state index contributed by atoms with van der Waals surface area (Å²) in [5.41, 5.74) is 2.42. The maximum atomic E-state index is 9.57. The van der Waals surface area contributed by atoms with Crippen LogP contribution in [-0.4, -0.2) is 48.8 Å². The second-order valence-electron chi connectivity index (χ2n) is 5.21. The molecule has 100 valence electrons. The van der Waals surface area contributed by atoms with Crippen molar-refractivity contribution in [3.8, 4) is 0 Å². The molecule has 1 aliphatic rings. The average Bonchev–Trinajstić information content (AvgIpc) is 2.35. The van der Waals surface area contributed by atoms with E-state index in [0.29, 0.717) is 6.04 Å². The Bertz CT molecular complexity index is 424. The molecule has 3 nitrogen and oxygen atoms in total. The third-order valence-electron chi connectivity index (χ3n) is 3.85. The van der Waals surface area contributed by atoms with Gasteiger partial charge in [0.05, 0.1) is 12.6 Å². The van der Waals surface area contributed by atoms with Gasteiger partial charge in [-0.3, -0.25) is 4.90 Å². The van der Waals surface area contributed by atoms with Gasteiger partial charge in [-0.2, -0.15) is 0 Å². The maximum Gasteiger partial charge on any atom is 0.0648 e. The minimum Gasteiger partial charge on any atom is -0.394 e. The summed E-state index contributed by atoms with van der Waals surface area (Å²) < 4.78 is 1.13. The van der Waals surface area contributed by atoms with Crippen molar-refractivity contribution < 1.29 is 5.11 Å². The van der Waals surface area contributed by atoms with Crippen molar-refractivity contribution >= 4 is 21.6 Å². The third kappa shape index (κ3) is 2.71. The first-order valence-electron chi connectivity index (χ1n) is 6.37. The highest BCUT2D eigenvalue weighted by Gasteiger charge is 2.29. The number of rotatable bonds is 2. The Morgan fingerprint density at radius 1 is 1.39 bits per heavy atom. The molecule has 0 aromatic heterocycles. The van der Waals surface area contributed by atoms with Crippen LogP contribution in [0.5, 0.6) is 0 Å². The average molecular weight is 313 g/mol. The summed E-state index contributed by atoms with van der Waals surface area (Å²) in [6, 6.07) is 7.10. The second kappa shape index (κ2) is 5.59. The zero-order valence-electron chi connectivity index (χ0n) is 11.2. The van der Waals surface area contributed by atoms with Crippen LogP contribution in [0.3, 0.4) is 0 Å². The monoisotopic (exact) mass is 312 g/mol. The van der Waals surface area contributed by atoms with Crippen LogP contribution >= 0.6 is 15.9 Å². The van der Waals surface area contributed by atoms with E-state index in [-0.39, 0.29) is 12.6 Å². The van der Waals surface area contributed by atoms with E-state index >= 15 is 0 Å². The molecular formula is C14H21BrN2O. The highest BCUT2D eigenvalue weighted by Crippen LogP contribution is 2.27. The normalized spacial score (nSPS) is 25.5. The largest absolute Gasteiger partial charge is 0.394 e. The first-order valence-corrected chi connectivity index (χ1v) is 7.16. The first kappa shape index (κ1) is 13.8. The minimum atomic E-state index is 0.181. The third-order valence-corrected chi connectivity index (χ3v) is 4.71. The van der Waals surface area contributed by atoms with E-state index in [9.17, 15) is 5.11 Å². The number of benzene rings is 1. The molecule has 1 aromatic carbocycles. The molecule has 0 spiro atoms. The molecule has 2 rings (SSSR count). The fourth-order valence-corrected chi connectivity index (χ4v) is 2.78. The van der Waals surface area contributed by atoms with Crippen molar-refractivity contribution in [2.75, 3.05) is 31.6 Å². The standard InChI is InChI=1S/C14H21BrN2O/c1-10-4-5-12(6-14(10)15)17-7-11(2)16(3)8-13(17)9-18/h4-6,11,13,18H,7-9H2,1-3H3. The van der Waals surface area contributed by atoms with Gasteiger partial charge >= 0.3 is 0 Å². The molecule has 1 saturated heterocycles. The van der Waals surface area contributed by atoms with Gasteiger partial charge in [-0.05, 0) is 38.6 Å². The summed E-state index contributed by atoms with van der Waals surface area (Å²) in [6.45, 7) is 6.37. The molecule has 1 aromatic rings. The van der Waals surface area contributed by atoms with Crippen molar-refractivity contribution in [2.45, 2.75) is 25.9 Å². The van der Waals surface area contributed by atoms with Gasteiger partial charge < -0.3 is 10.0 Å². The molecule has 0 amide bonds. The Labute approximate surface area is 118 Å². The lowest BCUT2D eigenvalue weighted by Gasteiger charge is -2.44. The summed E-state index contributed by atoms with van der Waals surface area (Å²) in [5.74, 6) is 0. The van der Waals surface area contributed by atoms with Crippen LogP contribution in [0.15, 0.2) is 22.7 Å². The van der Waals surface area contributed by atoms with Gasteiger partial charge in [0.2, 0.25) is 0 Å². The fourth-order valence-electron chi connectivity index (χ4n) is 2.42.